The predicted octanol–water partition coefficient (Wildman–Crippen LogP) is 3.94. The van der Waals surface area contributed by atoms with E-state index in [0.29, 0.717) is 6.92 Å². The van der Waals surface area contributed by atoms with Crippen LogP contribution in [0, 0.1) is 0 Å². The molecule has 0 aliphatic carbocycles. The Morgan fingerprint density at radius 3 is 1.29 bits per heavy atom. The molecule has 1 unspecified atom stereocenters. The molecule has 0 heterocycles. The van der Waals surface area contributed by atoms with Crippen molar-refractivity contribution in [3.63, 3.8) is 0 Å². The van der Waals surface area contributed by atoms with Crippen molar-refractivity contribution in [3.05, 3.63) is 12.4 Å². The second kappa shape index (κ2) is 5.82. The SMILES string of the molecule is CC(F)C(F)(F)F.F/C=C\C(F)(F)F. The van der Waals surface area contributed by atoms with E-state index in [2.05, 4.69) is 0 Å². The average molecular weight is 230 g/mol. The van der Waals surface area contributed by atoms with Gasteiger partial charge in [-0.05, 0) is 6.92 Å². The van der Waals surface area contributed by atoms with Crippen LogP contribution in [0.2, 0.25) is 0 Å². The molecular weight excluding hydrogens is 224 g/mol. The summed E-state index contributed by atoms with van der Waals surface area (Å²) in [6, 6.07) is 0. The highest BCUT2D eigenvalue weighted by atomic mass is 19.4. The fourth-order valence-electron chi connectivity index (χ4n) is 0.0714. The van der Waals surface area contributed by atoms with Gasteiger partial charge in [-0.1, -0.05) is 0 Å². The van der Waals surface area contributed by atoms with Gasteiger partial charge in [0.15, 0.2) is 6.17 Å². The van der Waals surface area contributed by atoms with Crippen molar-refractivity contribution in [2.24, 2.45) is 0 Å². The quantitative estimate of drug-likeness (QED) is 0.553. The molecule has 0 rings (SSSR count). The molecular formula is C6H6F8. The summed E-state index contributed by atoms with van der Waals surface area (Å²) in [7, 11) is 0. The molecule has 0 aliphatic rings. The second-order valence-electron chi connectivity index (χ2n) is 1.99. The van der Waals surface area contributed by atoms with E-state index in [1.807, 2.05) is 0 Å². The topological polar surface area (TPSA) is 0 Å². The highest BCUT2D eigenvalue weighted by molar-refractivity contribution is 4.80. The molecule has 14 heavy (non-hydrogen) atoms. The summed E-state index contributed by atoms with van der Waals surface area (Å²) in [6.07, 6.45) is -12.9. The van der Waals surface area contributed by atoms with Crippen molar-refractivity contribution in [1.82, 2.24) is 0 Å². The number of alkyl halides is 7. The van der Waals surface area contributed by atoms with Crippen LogP contribution in [0.3, 0.4) is 0 Å². The summed E-state index contributed by atoms with van der Waals surface area (Å²) in [4.78, 5) is 0. The molecule has 1 atom stereocenters. The van der Waals surface area contributed by atoms with Crippen LogP contribution < -0.4 is 0 Å². The summed E-state index contributed by atoms with van der Waals surface area (Å²) < 4.78 is 86.3. The highest BCUT2D eigenvalue weighted by Gasteiger charge is 2.35. The molecule has 0 radical (unpaired) electrons. The van der Waals surface area contributed by atoms with E-state index in [9.17, 15) is 35.1 Å². The fourth-order valence-corrected chi connectivity index (χ4v) is 0.0714. The number of rotatable bonds is 0. The van der Waals surface area contributed by atoms with E-state index < -0.39 is 30.9 Å². The fraction of sp³-hybridized carbons (Fsp3) is 0.667. The van der Waals surface area contributed by atoms with Crippen LogP contribution in [0.5, 0.6) is 0 Å². The van der Waals surface area contributed by atoms with Gasteiger partial charge in [0.2, 0.25) is 0 Å². The molecule has 0 N–H and O–H groups in total. The minimum atomic E-state index is -4.67. The van der Waals surface area contributed by atoms with Crippen molar-refractivity contribution in [3.8, 4) is 0 Å². The zero-order valence-corrected chi connectivity index (χ0v) is 6.76. The van der Waals surface area contributed by atoms with E-state index in [1.54, 1.807) is 0 Å². The maximum atomic E-state index is 11.1. The molecule has 0 aromatic carbocycles. The first-order valence-corrected chi connectivity index (χ1v) is 3.06. The Bertz CT molecular complexity index is 162. The van der Waals surface area contributed by atoms with E-state index in [0.717, 1.165) is 0 Å². The number of hydrogen-bond acceptors (Lipinski definition) is 0. The normalized spacial score (nSPS) is 14.9. The van der Waals surface area contributed by atoms with Crippen molar-refractivity contribution < 1.29 is 35.1 Å². The largest absolute Gasteiger partial charge is 0.419 e. The van der Waals surface area contributed by atoms with E-state index in [-0.39, 0.29) is 0 Å². The zero-order valence-electron chi connectivity index (χ0n) is 6.76. The van der Waals surface area contributed by atoms with Gasteiger partial charge < -0.3 is 0 Å². The molecule has 86 valence electrons. The van der Waals surface area contributed by atoms with Crippen molar-refractivity contribution >= 4 is 0 Å². The molecule has 0 aromatic heterocycles. The molecule has 0 fully saturated rings. The lowest BCUT2D eigenvalue weighted by atomic mass is 10.4. The molecule has 0 nitrogen and oxygen atoms in total. The summed E-state index contributed by atoms with van der Waals surface area (Å²) in [5, 5.41) is 0. The number of halogens is 8. The zero-order chi connectivity index (χ0) is 12.0. The van der Waals surface area contributed by atoms with Gasteiger partial charge in [-0.2, -0.15) is 26.3 Å². The first-order chi connectivity index (χ1) is 6.00. The molecule has 0 aromatic rings. The summed E-state index contributed by atoms with van der Waals surface area (Å²) in [5.74, 6) is 0. The lowest BCUT2D eigenvalue weighted by molar-refractivity contribution is -0.174. The summed E-state index contributed by atoms with van der Waals surface area (Å²) in [6.45, 7) is 0.458. The van der Waals surface area contributed by atoms with Crippen molar-refractivity contribution in [1.29, 1.82) is 0 Å². The Morgan fingerprint density at radius 2 is 1.29 bits per heavy atom. The van der Waals surface area contributed by atoms with Gasteiger partial charge >= 0.3 is 12.4 Å². The van der Waals surface area contributed by atoms with Crippen LogP contribution in [0.15, 0.2) is 12.4 Å². The van der Waals surface area contributed by atoms with Crippen LogP contribution in [-0.2, 0) is 0 Å². The molecule has 0 spiro atoms. The third-order valence-electron chi connectivity index (χ3n) is 0.703. The summed E-state index contributed by atoms with van der Waals surface area (Å²) >= 11 is 0. The van der Waals surface area contributed by atoms with E-state index >= 15 is 0 Å². The first kappa shape index (κ1) is 15.6. The number of allylic oxidation sites excluding steroid dienone is 1. The molecule has 0 saturated carbocycles. The van der Waals surface area contributed by atoms with Crippen LogP contribution >= 0.6 is 0 Å². The van der Waals surface area contributed by atoms with Gasteiger partial charge in [0.05, 0.1) is 6.33 Å². The number of hydrogen-bond donors (Lipinski definition) is 0. The lowest BCUT2D eigenvalue weighted by Crippen LogP contribution is -2.20. The standard InChI is InChI=1S/C3H4F4.C3H2F4/c1-2(4)3(5,6)7;4-2-1-3(5,6)7/h2H,1H3;1-2H/b;2-1-. The summed E-state index contributed by atoms with van der Waals surface area (Å²) in [5.41, 5.74) is 0. The highest BCUT2D eigenvalue weighted by Crippen LogP contribution is 2.21. The Labute approximate surface area is 74.2 Å². The van der Waals surface area contributed by atoms with Gasteiger partial charge in [0, 0.05) is 6.08 Å². The van der Waals surface area contributed by atoms with Gasteiger partial charge in [0.25, 0.3) is 0 Å². The maximum absolute atomic E-state index is 11.1. The van der Waals surface area contributed by atoms with E-state index in [4.69, 9.17) is 0 Å². The minimum absolute atomic E-state index is 0.458. The van der Waals surface area contributed by atoms with Gasteiger partial charge in [-0.15, -0.1) is 0 Å². The molecule has 0 amide bonds. The predicted molar refractivity (Wildman–Crippen MR) is 32.9 cm³/mol. The molecule has 0 aliphatic heterocycles. The lowest BCUT2D eigenvalue weighted by Gasteiger charge is -2.04. The van der Waals surface area contributed by atoms with Crippen molar-refractivity contribution in [2.45, 2.75) is 25.4 Å². The maximum Gasteiger partial charge on any atom is 0.419 e. The van der Waals surface area contributed by atoms with E-state index in [1.165, 1.54) is 0 Å². The van der Waals surface area contributed by atoms with Gasteiger partial charge in [0.1, 0.15) is 0 Å². The Hall–Kier alpha value is -0.820. The van der Waals surface area contributed by atoms with Gasteiger partial charge in [-0.3, -0.25) is 0 Å². The Kier molecular flexibility index (Phi) is 6.50. The second-order valence-corrected chi connectivity index (χ2v) is 1.99. The van der Waals surface area contributed by atoms with Gasteiger partial charge in [-0.25, -0.2) is 8.78 Å². The van der Waals surface area contributed by atoms with Crippen LogP contribution in [0.4, 0.5) is 35.1 Å². The third kappa shape index (κ3) is 13.7. The molecule has 0 bridgehead atoms. The Morgan fingerprint density at radius 1 is 1.00 bits per heavy atom. The minimum Gasteiger partial charge on any atom is -0.238 e. The first-order valence-electron chi connectivity index (χ1n) is 3.06. The molecule has 0 saturated heterocycles. The monoisotopic (exact) mass is 230 g/mol. The third-order valence-corrected chi connectivity index (χ3v) is 0.703. The Balaban J connectivity index is 0. The smallest absolute Gasteiger partial charge is 0.238 e. The van der Waals surface area contributed by atoms with Crippen molar-refractivity contribution in [2.75, 3.05) is 0 Å². The molecule has 8 heteroatoms. The van der Waals surface area contributed by atoms with Crippen LogP contribution in [0.1, 0.15) is 6.92 Å². The average Bonchev–Trinajstić information content (AvgIpc) is 1.82. The van der Waals surface area contributed by atoms with Crippen LogP contribution in [-0.4, -0.2) is 18.5 Å². The van der Waals surface area contributed by atoms with Crippen LogP contribution in [0.25, 0.3) is 0 Å².